The Hall–Kier alpha value is -5.66. The molecule has 1 saturated heterocycles. The number of carbonyl (C=O) groups excluding carboxylic acids is 2. The predicted octanol–water partition coefficient (Wildman–Crippen LogP) is 3.44. The monoisotopic (exact) mass is 644 g/mol. The average molecular weight is 645 g/mol. The van der Waals surface area contributed by atoms with Gasteiger partial charge in [-0.05, 0) is 41.0 Å². The van der Waals surface area contributed by atoms with E-state index in [0.29, 0.717) is 45.9 Å². The van der Waals surface area contributed by atoms with Crippen LogP contribution in [0.15, 0.2) is 48.7 Å². The molecule has 7 rings (SSSR count). The summed E-state index contributed by atoms with van der Waals surface area (Å²) in [6.45, 7) is 0.150. The third-order valence-electron chi connectivity index (χ3n) is 8.85. The van der Waals surface area contributed by atoms with Gasteiger partial charge in [0.25, 0.3) is 5.91 Å². The van der Waals surface area contributed by atoms with Crippen LogP contribution < -0.4 is 38.5 Å². The molecule has 0 radical (unpaired) electrons. The molecule has 4 aromatic rings. The highest BCUT2D eigenvalue weighted by atomic mass is 16.7. The molecule has 14 heteroatoms. The SMILES string of the molecule is COc1cc(OC)cc(-n2cc(C(=O)N[C@H]3c4cc5c(cc4[C@@H](c4cc(OC)c(OC)c(OC)c4)[C@H]4C(=O)OC[C@@H]43)OCO5)nn2)c1. The summed E-state index contributed by atoms with van der Waals surface area (Å²) >= 11 is 0. The molecule has 0 spiro atoms. The van der Waals surface area contributed by atoms with Crippen LogP contribution in [0.5, 0.6) is 40.2 Å². The number of cyclic esters (lactones) is 1. The number of amides is 1. The van der Waals surface area contributed by atoms with Crippen LogP contribution in [0.3, 0.4) is 0 Å². The molecule has 0 bridgehead atoms. The maximum atomic E-state index is 13.8. The Morgan fingerprint density at radius 3 is 2.11 bits per heavy atom. The zero-order valence-electron chi connectivity index (χ0n) is 26.3. The van der Waals surface area contributed by atoms with E-state index in [0.717, 1.165) is 16.7 Å². The largest absolute Gasteiger partial charge is 0.497 e. The van der Waals surface area contributed by atoms with E-state index in [9.17, 15) is 9.59 Å². The second-order valence-corrected chi connectivity index (χ2v) is 11.2. The van der Waals surface area contributed by atoms with Crippen molar-refractivity contribution >= 4 is 11.9 Å². The minimum Gasteiger partial charge on any atom is -0.497 e. The van der Waals surface area contributed by atoms with E-state index in [1.807, 2.05) is 24.3 Å². The summed E-state index contributed by atoms with van der Waals surface area (Å²) in [4.78, 5) is 27.3. The van der Waals surface area contributed by atoms with Gasteiger partial charge in [-0.15, -0.1) is 5.10 Å². The molecule has 3 aromatic carbocycles. The van der Waals surface area contributed by atoms with Crippen molar-refractivity contribution in [3.8, 4) is 45.9 Å². The van der Waals surface area contributed by atoms with Gasteiger partial charge in [0.05, 0.1) is 66.0 Å². The van der Waals surface area contributed by atoms with E-state index in [-0.39, 0.29) is 25.1 Å². The van der Waals surface area contributed by atoms with Gasteiger partial charge in [0.2, 0.25) is 12.5 Å². The quantitative estimate of drug-likeness (QED) is 0.266. The lowest BCUT2D eigenvalue weighted by Crippen LogP contribution is -2.43. The number of rotatable bonds is 9. The number of benzene rings is 3. The zero-order valence-corrected chi connectivity index (χ0v) is 26.3. The fourth-order valence-electron chi connectivity index (χ4n) is 6.66. The highest BCUT2D eigenvalue weighted by Gasteiger charge is 2.53. The van der Waals surface area contributed by atoms with E-state index in [2.05, 4.69) is 15.6 Å². The summed E-state index contributed by atoms with van der Waals surface area (Å²) in [7, 11) is 7.69. The van der Waals surface area contributed by atoms with Crippen LogP contribution in [0, 0.1) is 11.8 Å². The van der Waals surface area contributed by atoms with Crippen molar-refractivity contribution in [2.75, 3.05) is 48.9 Å². The fraction of sp³-hybridized carbons (Fsp3) is 0.333. The molecule has 3 heterocycles. The van der Waals surface area contributed by atoms with Crippen molar-refractivity contribution in [3.05, 3.63) is 71.0 Å². The van der Waals surface area contributed by atoms with Crippen LogP contribution in [0.2, 0.25) is 0 Å². The number of hydrogen-bond acceptors (Lipinski definition) is 12. The molecular formula is C33H32N4O10. The molecule has 1 N–H and O–H groups in total. The lowest BCUT2D eigenvalue weighted by atomic mass is 9.65. The van der Waals surface area contributed by atoms with Crippen molar-refractivity contribution < 1.29 is 47.5 Å². The van der Waals surface area contributed by atoms with E-state index >= 15 is 0 Å². The Morgan fingerprint density at radius 2 is 1.49 bits per heavy atom. The normalized spacial score (nSPS) is 20.5. The second kappa shape index (κ2) is 11.9. The number of nitrogens with zero attached hydrogens (tertiary/aromatic N) is 3. The summed E-state index contributed by atoms with van der Waals surface area (Å²) in [6, 6.07) is 11.9. The number of methoxy groups -OCH3 is 5. The summed E-state index contributed by atoms with van der Waals surface area (Å²) in [5.41, 5.74) is 2.93. The Labute approximate surface area is 269 Å². The van der Waals surface area contributed by atoms with Crippen LogP contribution in [0.1, 0.15) is 39.1 Å². The number of ether oxygens (including phenoxy) is 8. The first-order valence-corrected chi connectivity index (χ1v) is 14.7. The molecule has 1 aliphatic carbocycles. The van der Waals surface area contributed by atoms with Crippen molar-refractivity contribution in [3.63, 3.8) is 0 Å². The molecule has 14 nitrogen and oxygen atoms in total. The summed E-state index contributed by atoms with van der Waals surface area (Å²) in [5.74, 6) is 1.05. The first kappa shape index (κ1) is 30.0. The number of nitrogens with one attached hydrogen (secondary N) is 1. The summed E-state index contributed by atoms with van der Waals surface area (Å²) in [6.07, 6.45) is 1.51. The number of esters is 1. The van der Waals surface area contributed by atoms with Gasteiger partial charge in [0.1, 0.15) is 11.5 Å². The zero-order chi connectivity index (χ0) is 32.8. The van der Waals surface area contributed by atoms with Crippen LogP contribution in [-0.2, 0) is 9.53 Å². The van der Waals surface area contributed by atoms with Crippen LogP contribution in [-0.4, -0.2) is 75.8 Å². The predicted molar refractivity (Wildman–Crippen MR) is 163 cm³/mol. The highest BCUT2D eigenvalue weighted by Crippen LogP contribution is 2.55. The Kier molecular flexibility index (Phi) is 7.62. The molecule has 1 aromatic heterocycles. The van der Waals surface area contributed by atoms with Gasteiger partial charge in [-0.1, -0.05) is 5.21 Å². The topological polar surface area (TPSA) is 151 Å². The molecule has 0 saturated carbocycles. The number of aromatic nitrogens is 3. The van der Waals surface area contributed by atoms with Gasteiger partial charge in [-0.25, -0.2) is 4.68 Å². The molecule has 4 atom stereocenters. The number of hydrogen-bond donors (Lipinski definition) is 1. The fourth-order valence-corrected chi connectivity index (χ4v) is 6.66. The van der Waals surface area contributed by atoms with Crippen molar-refractivity contribution in [1.29, 1.82) is 0 Å². The molecule has 0 unspecified atom stereocenters. The van der Waals surface area contributed by atoms with E-state index in [1.165, 1.54) is 32.2 Å². The van der Waals surface area contributed by atoms with Crippen LogP contribution >= 0.6 is 0 Å². The van der Waals surface area contributed by atoms with Crippen LogP contribution in [0.25, 0.3) is 5.69 Å². The van der Waals surface area contributed by atoms with E-state index in [4.69, 9.17) is 37.9 Å². The molecule has 47 heavy (non-hydrogen) atoms. The molecule has 2 aliphatic heterocycles. The number of carbonyl (C=O) groups is 2. The van der Waals surface area contributed by atoms with Crippen LogP contribution in [0.4, 0.5) is 0 Å². The third-order valence-corrected chi connectivity index (χ3v) is 8.85. The third kappa shape index (κ3) is 5.05. The first-order valence-electron chi connectivity index (χ1n) is 14.7. The van der Waals surface area contributed by atoms with Gasteiger partial charge < -0.3 is 43.2 Å². The van der Waals surface area contributed by atoms with Gasteiger partial charge >= 0.3 is 5.97 Å². The van der Waals surface area contributed by atoms with E-state index < -0.39 is 29.7 Å². The molecular weight excluding hydrogens is 612 g/mol. The van der Waals surface area contributed by atoms with E-state index in [1.54, 1.807) is 32.4 Å². The first-order chi connectivity index (χ1) is 22.9. The summed E-state index contributed by atoms with van der Waals surface area (Å²) in [5, 5.41) is 11.4. The van der Waals surface area contributed by atoms with Crippen molar-refractivity contribution in [2.45, 2.75) is 12.0 Å². The maximum absolute atomic E-state index is 13.8. The smallest absolute Gasteiger partial charge is 0.310 e. The second-order valence-electron chi connectivity index (χ2n) is 11.2. The lowest BCUT2D eigenvalue weighted by Gasteiger charge is -2.39. The summed E-state index contributed by atoms with van der Waals surface area (Å²) < 4.78 is 46.2. The van der Waals surface area contributed by atoms with Crippen molar-refractivity contribution in [1.82, 2.24) is 20.3 Å². The minimum atomic E-state index is -0.657. The van der Waals surface area contributed by atoms with Crippen molar-refractivity contribution in [2.24, 2.45) is 11.8 Å². The lowest BCUT2D eigenvalue weighted by molar-refractivity contribution is -0.141. The van der Waals surface area contributed by atoms with Gasteiger partial charge in [0, 0.05) is 30.0 Å². The molecule has 1 amide bonds. The average Bonchev–Trinajstić information content (AvgIpc) is 3.87. The molecule has 1 fully saturated rings. The van der Waals surface area contributed by atoms with Gasteiger partial charge in [-0.2, -0.15) is 0 Å². The Balaban J connectivity index is 1.29. The maximum Gasteiger partial charge on any atom is 0.310 e. The molecule has 244 valence electrons. The number of fused-ring (bicyclic) bond motifs is 3. The Morgan fingerprint density at radius 1 is 0.830 bits per heavy atom. The standard InChI is InChI=1S/C33H32N4O10/c1-40-18-8-17(9-19(10-18)41-2)37-13-23(35-36-37)32(38)34-30-21-12-25-24(46-15-47-25)11-20(21)28(29-22(30)14-45-33(29)39)16-6-26(42-3)31(44-5)27(7-16)43-4/h6-13,22,28-30H,14-15H2,1-5H3,(H,34,38)/t22-,28+,29-,30-/m0/s1. The Bertz CT molecular complexity index is 1830. The molecule has 3 aliphatic rings. The minimum absolute atomic E-state index is 0.0527. The van der Waals surface area contributed by atoms with Gasteiger partial charge in [-0.3, -0.25) is 9.59 Å². The highest BCUT2D eigenvalue weighted by molar-refractivity contribution is 5.92. The van der Waals surface area contributed by atoms with Gasteiger partial charge in [0.15, 0.2) is 28.7 Å².